The minimum Gasteiger partial charge on any atom is -0.435 e. The third kappa shape index (κ3) is 3.77. The van der Waals surface area contributed by atoms with Gasteiger partial charge in [-0.2, -0.15) is 8.78 Å². The van der Waals surface area contributed by atoms with Crippen LogP contribution in [0.2, 0.25) is 0 Å². The minimum atomic E-state index is -2.87. The monoisotopic (exact) mass is 340 g/mol. The highest BCUT2D eigenvalue weighted by molar-refractivity contribution is 5.74. The number of rotatable bonds is 6. The second-order valence-electron chi connectivity index (χ2n) is 6.56. The number of alkyl halides is 2. The van der Waals surface area contributed by atoms with Gasteiger partial charge in [-0.3, -0.25) is 0 Å². The molecule has 2 aliphatic carbocycles. The summed E-state index contributed by atoms with van der Waals surface area (Å²) in [6, 6.07) is 5.96. The normalized spacial score (nSPS) is 28.2. The maximum atomic E-state index is 12.2. The first kappa shape index (κ1) is 17.0. The Hall–Kier alpha value is -1.89. The first-order valence-electron chi connectivity index (χ1n) is 8.26. The second-order valence-corrected chi connectivity index (χ2v) is 6.56. The van der Waals surface area contributed by atoms with Gasteiger partial charge in [0.05, 0.1) is 0 Å². The number of carbonyl (C=O) groups is 1. The summed E-state index contributed by atoms with van der Waals surface area (Å²) in [5.74, 6) is 1.16. The van der Waals surface area contributed by atoms with Gasteiger partial charge in [-0.15, -0.1) is 0 Å². The Morgan fingerprint density at radius 3 is 2.88 bits per heavy atom. The lowest BCUT2D eigenvalue weighted by Crippen LogP contribution is -2.48. The average Bonchev–Trinajstić information content (AvgIpc) is 3.14. The van der Waals surface area contributed by atoms with Crippen molar-refractivity contribution < 1.29 is 23.4 Å². The number of nitrogens with one attached hydrogen (secondary N) is 2. The van der Waals surface area contributed by atoms with Crippen LogP contribution in [0.25, 0.3) is 0 Å². The molecular weight excluding hydrogens is 318 g/mol. The number of hydrogen-bond donors (Lipinski definition) is 3. The molecule has 3 rings (SSSR count). The van der Waals surface area contributed by atoms with Crippen molar-refractivity contribution in [3.8, 4) is 5.75 Å². The third-order valence-corrected chi connectivity index (χ3v) is 5.17. The van der Waals surface area contributed by atoms with Gasteiger partial charge >= 0.3 is 12.6 Å². The zero-order valence-corrected chi connectivity index (χ0v) is 13.3. The van der Waals surface area contributed by atoms with Crippen molar-refractivity contribution in [1.82, 2.24) is 10.6 Å². The summed E-state index contributed by atoms with van der Waals surface area (Å²) in [6.45, 7) is -2.56. The van der Waals surface area contributed by atoms with E-state index in [1.165, 1.54) is 12.1 Å². The molecule has 4 unspecified atom stereocenters. The molecule has 0 aromatic heterocycles. The highest BCUT2D eigenvalue weighted by Crippen LogP contribution is 2.48. The number of fused-ring (bicyclic) bond motifs is 2. The van der Waals surface area contributed by atoms with Crippen LogP contribution in [0.15, 0.2) is 24.3 Å². The van der Waals surface area contributed by atoms with E-state index in [4.69, 9.17) is 0 Å². The summed E-state index contributed by atoms with van der Waals surface area (Å²) < 4.78 is 28.8. The molecule has 0 heterocycles. The van der Waals surface area contributed by atoms with Crippen LogP contribution in [0.3, 0.4) is 0 Å². The summed E-state index contributed by atoms with van der Waals surface area (Å²) in [4.78, 5) is 12.1. The maximum absolute atomic E-state index is 12.2. The molecule has 0 spiro atoms. The fourth-order valence-corrected chi connectivity index (χ4v) is 4.11. The van der Waals surface area contributed by atoms with Crippen molar-refractivity contribution in [2.75, 3.05) is 6.61 Å². The van der Waals surface area contributed by atoms with Gasteiger partial charge in [-0.1, -0.05) is 12.1 Å². The van der Waals surface area contributed by atoms with Gasteiger partial charge in [0.25, 0.3) is 0 Å². The van der Waals surface area contributed by atoms with E-state index in [0.29, 0.717) is 17.4 Å². The number of benzene rings is 1. The Kier molecular flexibility index (Phi) is 5.18. The number of ether oxygens (including phenoxy) is 1. The number of halogens is 2. The van der Waals surface area contributed by atoms with Crippen molar-refractivity contribution in [2.45, 2.75) is 38.5 Å². The molecule has 2 fully saturated rings. The Balaban J connectivity index is 1.51. The van der Waals surface area contributed by atoms with E-state index in [1.807, 2.05) is 0 Å². The molecule has 0 aliphatic heterocycles. The summed E-state index contributed by atoms with van der Waals surface area (Å²) in [5, 5.41) is 15.2. The van der Waals surface area contributed by atoms with Crippen LogP contribution in [-0.2, 0) is 6.54 Å². The zero-order chi connectivity index (χ0) is 17.1. The molecule has 1 aromatic rings. The molecule has 0 saturated heterocycles. The van der Waals surface area contributed by atoms with E-state index in [-0.39, 0.29) is 36.9 Å². The molecule has 4 atom stereocenters. The van der Waals surface area contributed by atoms with Crippen LogP contribution in [0, 0.1) is 17.8 Å². The fourth-order valence-electron chi connectivity index (χ4n) is 4.11. The van der Waals surface area contributed by atoms with E-state index < -0.39 is 6.61 Å². The van der Waals surface area contributed by atoms with Crippen molar-refractivity contribution in [3.63, 3.8) is 0 Å². The fraction of sp³-hybridized carbons (Fsp3) is 0.588. The van der Waals surface area contributed by atoms with Gasteiger partial charge < -0.3 is 20.5 Å². The Morgan fingerprint density at radius 2 is 2.12 bits per heavy atom. The van der Waals surface area contributed by atoms with Crippen LogP contribution >= 0.6 is 0 Å². The van der Waals surface area contributed by atoms with E-state index in [9.17, 15) is 18.7 Å². The van der Waals surface area contributed by atoms with Gasteiger partial charge in [-0.05, 0) is 48.8 Å². The predicted octanol–water partition coefficient (Wildman–Crippen LogP) is 2.49. The Labute approximate surface area is 139 Å². The molecule has 2 aliphatic rings. The van der Waals surface area contributed by atoms with Crippen LogP contribution in [-0.4, -0.2) is 30.4 Å². The molecule has 1 aromatic carbocycles. The quantitative estimate of drug-likeness (QED) is 0.745. The number of hydrogen-bond acceptors (Lipinski definition) is 3. The van der Waals surface area contributed by atoms with Crippen LogP contribution in [0.4, 0.5) is 13.6 Å². The molecule has 0 radical (unpaired) electrons. The molecule has 132 valence electrons. The van der Waals surface area contributed by atoms with E-state index >= 15 is 0 Å². The van der Waals surface area contributed by atoms with Gasteiger partial charge in [0, 0.05) is 25.1 Å². The standard InChI is InChI=1S/C17H22F2N2O3/c18-16(19)24-13-3-1-2-10(6-13)8-20-17(23)21-15-12-5-4-11(7-12)14(15)9-22/h1-3,6,11-12,14-16,22H,4-5,7-9H2,(H2,20,21,23). The van der Waals surface area contributed by atoms with E-state index in [0.717, 1.165) is 19.3 Å². The highest BCUT2D eigenvalue weighted by Gasteiger charge is 2.47. The molecule has 2 saturated carbocycles. The van der Waals surface area contributed by atoms with Crippen molar-refractivity contribution in [3.05, 3.63) is 29.8 Å². The van der Waals surface area contributed by atoms with Crippen LogP contribution < -0.4 is 15.4 Å². The van der Waals surface area contributed by atoms with Crippen molar-refractivity contribution in [1.29, 1.82) is 0 Å². The summed E-state index contributed by atoms with van der Waals surface area (Å²) >= 11 is 0. The number of urea groups is 1. The van der Waals surface area contributed by atoms with Gasteiger partial charge in [0.1, 0.15) is 5.75 Å². The third-order valence-electron chi connectivity index (χ3n) is 5.17. The summed E-state index contributed by atoms with van der Waals surface area (Å²) in [7, 11) is 0. The smallest absolute Gasteiger partial charge is 0.387 e. The molecule has 2 bridgehead atoms. The average molecular weight is 340 g/mol. The second kappa shape index (κ2) is 7.34. The minimum absolute atomic E-state index is 0.0160. The van der Waals surface area contributed by atoms with Gasteiger partial charge in [0.2, 0.25) is 0 Å². The molecular formula is C17H22F2N2O3. The summed E-state index contributed by atoms with van der Waals surface area (Å²) in [6.07, 6.45) is 3.30. The van der Waals surface area contributed by atoms with Gasteiger partial charge in [-0.25, -0.2) is 4.79 Å². The first-order chi connectivity index (χ1) is 11.6. The van der Waals surface area contributed by atoms with Crippen molar-refractivity contribution >= 4 is 6.03 Å². The molecule has 24 heavy (non-hydrogen) atoms. The maximum Gasteiger partial charge on any atom is 0.387 e. The lowest BCUT2D eigenvalue weighted by atomic mass is 9.85. The molecule has 2 amide bonds. The zero-order valence-electron chi connectivity index (χ0n) is 13.3. The number of aliphatic hydroxyl groups excluding tert-OH is 1. The largest absolute Gasteiger partial charge is 0.435 e. The first-order valence-corrected chi connectivity index (χ1v) is 8.26. The SMILES string of the molecule is O=C(NCc1cccc(OC(F)F)c1)NC1C2CCC(C2)C1CO. The lowest BCUT2D eigenvalue weighted by molar-refractivity contribution is -0.0498. The number of amides is 2. The lowest BCUT2D eigenvalue weighted by Gasteiger charge is -2.30. The van der Waals surface area contributed by atoms with Crippen molar-refractivity contribution in [2.24, 2.45) is 17.8 Å². The van der Waals surface area contributed by atoms with E-state index in [1.54, 1.807) is 12.1 Å². The molecule has 7 heteroatoms. The highest BCUT2D eigenvalue weighted by atomic mass is 19.3. The number of aliphatic hydroxyl groups is 1. The topological polar surface area (TPSA) is 70.6 Å². The summed E-state index contributed by atoms with van der Waals surface area (Å²) in [5.41, 5.74) is 0.676. The molecule has 3 N–H and O–H groups in total. The van der Waals surface area contributed by atoms with Crippen LogP contribution in [0.5, 0.6) is 5.75 Å². The Bertz CT molecular complexity index is 585. The van der Waals surface area contributed by atoms with Crippen LogP contribution in [0.1, 0.15) is 24.8 Å². The number of carbonyl (C=O) groups excluding carboxylic acids is 1. The van der Waals surface area contributed by atoms with Gasteiger partial charge in [0.15, 0.2) is 0 Å². The molecule has 5 nitrogen and oxygen atoms in total. The van der Waals surface area contributed by atoms with E-state index in [2.05, 4.69) is 15.4 Å². The predicted molar refractivity (Wildman–Crippen MR) is 83.6 cm³/mol. The Morgan fingerprint density at radius 1 is 1.33 bits per heavy atom.